The Labute approximate surface area is 132 Å². The molecule has 0 unspecified atom stereocenters. The summed E-state index contributed by atoms with van der Waals surface area (Å²) >= 11 is 12.3. The highest BCUT2D eigenvalue weighted by Crippen LogP contribution is 2.44. The molecular weight excluding hydrogens is 313 g/mol. The third-order valence-electron chi connectivity index (χ3n) is 4.37. The van der Waals surface area contributed by atoms with Crippen LogP contribution in [-0.4, -0.2) is 34.3 Å². The zero-order valence-corrected chi connectivity index (χ0v) is 12.8. The Morgan fingerprint density at radius 1 is 1.24 bits per heavy atom. The largest absolute Gasteiger partial charge is 0.508 e. The molecule has 1 N–H and O–H groups in total. The normalized spacial score (nSPS) is 25.9. The number of phenolic OH excluding ortho intramolecular Hbond substituents is 1. The van der Waals surface area contributed by atoms with Gasteiger partial charge in [0.2, 0.25) is 5.91 Å². The Balaban J connectivity index is 1.88. The molecule has 1 amide bonds. The first kappa shape index (κ1) is 14.7. The van der Waals surface area contributed by atoms with Crippen molar-refractivity contribution in [1.82, 2.24) is 4.90 Å². The van der Waals surface area contributed by atoms with Gasteiger partial charge in [0.25, 0.3) is 0 Å². The van der Waals surface area contributed by atoms with Crippen molar-refractivity contribution in [2.75, 3.05) is 6.54 Å². The highest BCUT2D eigenvalue weighted by Gasteiger charge is 2.38. The molecule has 0 saturated carbocycles. The summed E-state index contributed by atoms with van der Waals surface area (Å²) in [6.45, 7) is 0.587. The molecule has 1 aromatic rings. The number of ketones is 1. The van der Waals surface area contributed by atoms with Crippen molar-refractivity contribution in [2.45, 2.75) is 37.6 Å². The van der Waals surface area contributed by atoms with Gasteiger partial charge < -0.3 is 10.0 Å². The van der Waals surface area contributed by atoms with Crippen LogP contribution >= 0.6 is 23.2 Å². The number of Topliss-reactive ketones (excluding diaryl/α,β-unsaturated/α-hetero) is 1. The Morgan fingerprint density at radius 2 is 2.00 bits per heavy atom. The van der Waals surface area contributed by atoms with E-state index in [1.807, 2.05) is 0 Å². The van der Waals surface area contributed by atoms with Crippen LogP contribution in [0.5, 0.6) is 5.75 Å². The molecular formula is C15H15Cl2NO3. The van der Waals surface area contributed by atoms with E-state index in [1.165, 1.54) is 6.07 Å². The number of phenols is 1. The molecule has 3 rings (SSSR count). The lowest BCUT2D eigenvalue weighted by molar-refractivity contribution is -0.144. The molecule has 2 aliphatic heterocycles. The summed E-state index contributed by atoms with van der Waals surface area (Å²) in [6.07, 6.45) is 1.75. The van der Waals surface area contributed by atoms with E-state index in [4.69, 9.17) is 23.2 Å². The van der Waals surface area contributed by atoms with Gasteiger partial charge in [0.1, 0.15) is 11.5 Å². The lowest BCUT2D eigenvalue weighted by atomic mass is 9.81. The number of amides is 1. The van der Waals surface area contributed by atoms with Crippen LogP contribution < -0.4 is 0 Å². The van der Waals surface area contributed by atoms with E-state index in [2.05, 4.69) is 0 Å². The summed E-state index contributed by atoms with van der Waals surface area (Å²) in [7, 11) is 0. The second-order valence-electron chi connectivity index (χ2n) is 5.68. The molecule has 6 heteroatoms. The van der Waals surface area contributed by atoms with E-state index in [0.29, 0.717) is 41.4 Å². The third kappa shape index (κ3) is 2.62. The van der Waals surface area contributed by atoms with Crippen LogP contribution in [0.25, 0.3) is 0 Å². The first-order valence-electron chi connectivity index (χ1n) is 6.95. The van der Waals surface area contributed by atoms with Gasteiger partial charge in [-0.05, 0) is 30.9 Å². The molecule has 4 nitrogen and oxygen atoms in total. The molecule has 0 aromatic heterocycles. The van der Waals surface area contributed by atoms with E-state index < -0.39 is 0 Å². The number of rotatable bonds is 1. The molecule has 2 heterocycles. The molecule has 21 heavy (non-hydrogen) atoms. The van der Waals surface area contributed by atoms with Crippen molar-refractivity contribution in [1.29, 1.82) is 0 Å². The summed E-state index contributed by atoms with van der Waals surface area (Å²) < 4.78 is 0. The fraction of sp³-hybridized carbons (Fsp3) is 0.467. The maximum absolute atomic E-state index is 11.9. The highest BCUT2D eigenvalue weighted by molar-refractivity contribution is 6.42. The lowest BCUT2D eigenvalue weighted by Crippen LogP contribution is -2.50. The fourth-order valence-electron chi connectivity index (χ4n) is 3.38. The van der Waals surface area contributed by atoms with Gasteiger partial charge in [-0.25, -0.2) is 0 Å². The second kappa shape index (κ2) is 5.50. The summed E-state index contributed by atoms with van der Waals surface area (Å²) in [6, 6.07) is 3.01. The number of carbonyl (C=O) groups is 2. The van der Waals surface area contributed by atoms with Crippen molar-refractivity contribution in [2.24, 2.45) is 0 Å². The molecule has 1 aromatic carbocycles. The Bertz CT molecular complexity index is 617. The second-order valence-corrected chi connectivity index (χ2v) is 6.46. The number of aromatic hydroxyl groups is 1. The monoisotopic (exact) mass is 327 g/mol. The van der Waals surface area contributed by atoms with Crippen LogP contribution in [0.4, 0.5) is 0 Å². The topological polar surface area (TPSA) is 57.6 Å². The minimum absolute atomic E-state index is 0.0103. The number of hydrogen-bond acceptors (Lipinski definition) is 3. The number of benzene rings is 1. The van der Waals surface area contributed by atoms with Crippen LogP contribution in [-0.2, 0) is 9.59 Å². The van der Waals surface area contributed by atoms with E-state index in [0.717, 1.165) is 0 Å². The van der Waals surface area contributed by atoms with E-state index >= 15 is 0 Å². The predicted molar refractivity (Wildman–Crippen MR) is 79.8 cm³/mol. The molecule has 2 fully saturated rings. The Kier molecular flexibility index (Phi) is 3.84. The van der Waals surface area contributed by atoms with Crippen molar-refractivity contribution in [3.63, 3.8) is 0 Å². The highest BCUT2D eigenvalue weighted by atomic mass is 35.5. The van der Waals surface area contributed by atoms with Crippen LogP contribution in [0.1, 0.15) is 37.2 Å². The molecule has 2 atom stereocenters. The Morgan fingerprint density at radius 3 is 2.76 bits per heavy atom. The van der Waals surface area contributed by atoms with Crippen molar-refractivity contribution in [3.8, 4) is 5.75 Å². The molecule has 0 radical (unpaired) electrons. The minimum atomic E-state index is -0.0908. The van der Waals surface area contributed by atoms with Crippen LogP contribution in [0.3, 0.4) is 0 Å². The SMILES string of the molecule is O=C1CC(=O)N2CC[C@@H](c3c(O)ccc(Cl)c3Cl)C[C@H]2C1. The number of nitrogens with zero attached hydrogens (tertiary/aromatic N) is 1. The number of hydrogen-bond donors (Lipinski definition) is 1. The van der Waals surface area contributed by atoms with E-state index in [1.54, 1.807) is 11.0 Å². The predicted octanol–water partition coefficient (Wildman–Crippen LogP) is 3.14. The molecule has 0 bridgehead atoms. The smallest absolute Gasteiger partial charge is 0.230 e. The summed E-state index contributed by atoms with van der Waals surface area (Å²) in [5.74, 6) is 0.0342. The van der Waals surface area contributed by atoms with Gasteiger partial charge >= 0.3 is 0 Å². The maximum Gasteiger partial charge on any atom is 0.230 e. The van der Waals surface area contributed by atoms with Gasteiger partial charge in [-0.15, -0.1) is 0 Å². The number of piperidine rings is 2. The van der Waals surface area contributed by atoms with E-state index in [9.17, 15) is 14.7 Å². The molecule has 0 aliphatic carbocycles. The standard InChI is InChI=1S/C15H15Cl2NO3/c16-11-1-2-12(20)14(15(11)17)8-3-4-18-9(5-8)6-10(19)7-13(18)21/h1-2,8-9,20H,3-7H2/t8-,9+/m1/s1. The van der Waals surface area contributed by atoms with E-state index in [-0.39, 0.29) is 35.8 Å². The molecule has 112 valence electrons. The molecule has 0 spiro atoms. The zero-order valence-electron chi connectivity index (χ0n) is 11.3. The molecule has 2 saturated heterocycles. The van der Waals surface area contributed by atoms with Crippen molar-refractivity contribution in [3.05, 3.63) is 27.7 Å². The van der Waals surface area contributed by atoms with Gasteiger partial charge in [-0.1, -0.05) is 23.2 Å². The third-order valence-corrected chi connectivity index (χ3v) is 5.18. The first-order valence-corrected chi connectivity index (χ1v) is 7.71. The van der Waals surface area contributed by atoms with Gasteiger partial charge in [0.05, 0.1) is 16.5 Å². The summed E-state index contributed by atoms with van der Waals surface area (Å²) in [5.41, 5.74) is 0.634. The summed E-state index contributed by atoms with van der Waals surface area (Å²) in [4.78, 5) is 25.3. The Hall–Kier alpha value is -1.26. The summed E-state index contributed by atoms with van der Waals surface area (Å²) in [5, 5.41) is 10.8. The van der Waals surface area contributed by atoms with Crippen molar-refractivity contribution >= 4 is 34.9 Å². The van der Waals surface area contributed by atoms with Crippen LogP contribution in [0, 0.1) is 0 Å². The zero-order chi connectivity index (χ0) is 15.1. The fourth-order valence-corrected chi connectivity index (χ4v) is 3.86. The molecule has 2 aliphatic rings. The quantitative estimate of drug-likeness (QED) is 0.806. The lowest BCUT2D eigenvalue weighted by Gasteiger charge is -2.42. The first-order chi connectivity index (χ1) is 9.97. The number of halogens is 2. The van der Waals surface area contributed by atoms with Gasteiger partial charge in [0.15, 0.2) is 0 Å². The van der Waals surface area contributed by atoms with Crippen LogP contribution in [0.15, 0.2) is 12.1 Å². The van der Waals surface area contributed by atoms with Gasteiger partial charge in [-0.2, -0.15) is 0 Å². The maximum atomic E-state index is 11.9. The number of fused-ring (bicyclic) bond motifs is 1. The minimum Gasteiger partial charge on any atom is -0.508 e. The van der Waals surface area contributed by atoms with Crippen molar-refractivity contribution < 1.29 is 14.7 Å². The van der Waals surface area contributed by atoms with Gasteiger partial charge in [0, 0.05) is 24.6 Å². The van der Waals surface area contributed by atoms with Gasteiger partial charge in [-0.3, -0.25) is 9.59 Å². The average Bonchev–Trinajstić information content (AvgIpc) is 2.43. The van der Waals surface area contributed by atoms with Crippen LogP contribution in [0.2, 0.25) is 10.0 Å². The number of carbonyl (C=O) groups excluding carboxylic acids is 2. The average molecular weight is 328 g/mol.